The van der Waals surface area contributed by atoms with Crippen molar-refractivity contribution < 1.29 is 14.3 Å². The van der Waals surface area contributed by atoms with E-state index in [1.165, 1.54) is 12.1 Å². The Balaban J connectivity index is 1.94. The molecule has 1 saturated heterocycles. The predicted octanol–water partition coefficient (Wildman–Crippen LogP) is 1.73. The van der Waals surface area contributed by atoms with Crippen molar-refractivity contribution in [3.63, 3.8) is 0 Å². The lowest BCUT2D eigenvalue weighted by Gasteiger charge is -2.14. The molecule has 0 spiro atoms. The first-order valence-electron chi connectivity index (χ1n) is 5.35. The number of carboxylic acids is 1. The van der Waals surface area contributed by atoms with Crippen LogP contribution in [0.2, 0.25) is 0 Å². The summed E-state index contributed by atoms with van der Waals surface area (Å²) in [6.45, 7) is 1.96. The second kappa shape index (κ2) is 4.61. The van der Waals surface area contributed by atoms with E-state index >= 15 is 0 Å². The molecule has 1 aromatic rings. The zero-order valence-corrected chi connectivity index (χ0v) is 8.90. The van der Waals surface area contributed by atoms with Crippen LogP contribution in [0.5, 0.6) is 0 Å². The summed E-state index contributed by atoms with van der Waals surface area (Å²) in [6.07, 6.45) is 0.685. The Morgan fingerprint density at radius 3 is 3.00 bits per heavy atom. The van der Waals surface area contributed by atoms with Crippen molar-refractivity contribution in [3.05, 3.63) is 35.6 Å². The molecular weight excluding hydrogens is 209 g/mol. The maximum absolute atomic E-state index is 12.9. The molecule has 0 aromatic heterocycles. The summed E-state index contributed by atoms with van der Waals surface area (Å²) in [5, 5.41) is 8.85. The van der Waals surface area contributed by atoms with Crippen molar-refractivity contribution in [1.82, 2.24) is 4.90 Å². The van der Waals surface area contributed by atoms with Crippen LogP contribution in [0.1, 0.15) is 12.0 Å². The van der Waals surface area contributed by atoms with E-state index in [-0.39, 0.29) is 11.7 Å². The smallest absolute Gasteiger partial charge is 0.307 e. The predicted molar refractivity (Wildman–Crippen MR) is 57.4 cm³/mol. The minimum atomic E-state index is -0.734. The Morgan fingerprint density at radius 2 is 2.38 bits per heavy atom. The molecule has 86 valence electrons. The Labute approximate surface area is 93.5 Å². The first-order valence-corrected chi connectivity index (χ1v) is 5.35. The molecule has 2 rings (SSSR count). The number of carbonyl (C=O) groups is 1. The van der Waals surface area contributed by atoms with Crippen LogP contribution >= 0.6 is 0 Å². The van der Waals surface area contributed by atoms with Crippen molar-refractivity contribution >= 4 is 5.97 Å². The van der Waals surface area contributed by atoms with Crippen LogP contribution in [0.3, 0.4) is 0 Å². The monoisotopic (exact) mass is 223 g/mol. The zero-order valence-electron chi connectivity index (χ0n) is 8.90. The molecule has 0 bridgehead atoms. The molecule has 1 aliphatic rings. The first kappa shape index (κ1) is 11.1. The summed E-state index contributed by atoms with van der Waals surface area (Å²) in [6, 6.07) is 6.44. The quantitative estimate of drug-likeness (QED) is 0.848. The van der Waals surface area contributed by atoms with Crippen LogP contribution in [0, 0.1) is 11.7 Å². The fourth-order valence-corrected chi connectivity index (χ4v) is 2.07. The van der Waals surface area contributed by atoms with Crippen LogP contribution in [0.4, 0.5) is 4.39 Å². The highest BCUT2D eigenvalue weighted by atomic mass is 19.1. The molecule has 4 heteroatoms. The summed E-state index contributed by atoms with van der Waals surface area (Å²) in [4.78, 5) is 12.8. The van der Waals surface area contributed by atoms with Gasteiger partial charge in [0.2, 0.25) is 0 Å². The molecule has 1 aliphatic heterocycles. The number of carboxylic acid groups (broad SMARTS) is 1. The average molecular weight is 223 g/mol. The van der Waals surface area contributed by atoms with Gasteiger partial charge in [0.05, 0.1) is 5.92 Å². The molecule has 1 aromatic carbocycles. The maximum atomic E-state index is 12.9. The number of hydrogen-bond donors (Lipinski definition) is 1. The summed E-state index contributed by atoms with van der Waals surface area (Å²) in [5.41, 5.74) is 0.894. The highest BCUT2D eigenvalue weighted by Crippen LogP contribution is 2.18. The highest BCUT2D eigenvalue weighted by molar-refractivity contribution is 5.70. The van der Waals surface area contributed by atoms with Gasteiger partial charge >= 0.3 is 5.97 Å². The molecular formula is C12H14FNO2. The Kier molecular flexibility index (Phi) is 3.19. The van der Waals surface area contributed by atoms with Gasteiger partial charge in [0, 0.05) is 13.1 Å². The van der Waals surface area contributed by atoms with Gasteiger partial charge in [-0.05, 0) is 30.7 Å². The maximum Gasteiger partial charge on any atom is 0.307 e. The van der Waals surface area contributed by atoms with Gasteiger partial charge in [-0.3, -0.25) is 9.69 Å². The number of hydrogen-bond acceptors (Lipinski definition) is 2. The van der Waals surface area contributed by atoms with Gasteiger partial charge in [-0.25, -0.2) is 4.39 Å². The van der Waals surface area contributed by atoms with Gasteiger partial charge < -0.3 is 5.11 Å². The third-order valence-corrected chi connectivity index (χ3v) is 2.92. The lowest BCUT2D eigenvalue weighted by molar-refractivity contribution is -0.141. The van der Waals surface area contributed by atoms with E-state index in [2.05, 4.69) is 0 Å². The fourth-order valence-electron chi connectivity index (χ4n) is 2.07. The van der Waals surface area contributed by atoms with Crippen molar-refractivity contribution in [1.29, 1.82) is 0 Å². The Hall–Kier alpha value is -1.42. The van der Waals surface area contributed by atoms with Gasteiger partial charge in [-0.15, -0.1) is 0 Å². The van der Waals surface area contributed by atoms with Crippen LogP contribution in [-0.2, 0) is 11.3 Å². The molecule has 1 atom stereocenters. The van der Waals surface area contributed by atoms with Gasteiger partial charge in [0.1, 0.15) is 5.82 Å². The summed E-state index contributed by atoms with van der Waals surface area (Å²) < 4.78 is 12.9. The van der Waals surface area contributed by atoms with Gasteiger partial charge in [0.15, 0.2) is 0 Å². The standard InChI is InChI=1S/C12H14FNO2/c13-11-3-1-2-9(6-11)7-14-5-4-10(8-14)12(15)16/h1-3,6,10H,4-5,7-8H2,(H,15,16)/t10-/m0/s1. The van der Waals surface area contributed by atoms with Crippen LogP contribution < -0.4 is 0 Å². The second-order valence-electron chi connectivity index (χ2n) is 4.19. The van der Waals surface area contributed by atoms with Gasteiger partial charge in [0.25, 0.3) is 0 Å². The number of aliphatic carboxylic acids is 1. The molecule has 1 fully saturated rings. The normalized spacial score (nSPS) is 21.2. The third-order valence-electron chi connectivity index (χ3n) is 2.92. The van der Waals surface area contributed by atoms with E-state index < -0.39 is 5.97 Å². The Bertz CT molecular complexity index is 394. The van der Waals surface area contributed by atoms with Crippen LogP contribution in [-0.4, -0.2) is 29.1 Å². The minimum Gasteiger partial charge on any atom is -0.481 e. The zero-order chi connectivity index (χ0) is 11.5. The van der Waals surface area contributed by atoms with Crippen molar-refractivity contribution in [2.24, 2.45) is 5.92 Å². The minimum absolute atomic E-state index is 0.244. The van der Waals surface area contributed by atoms with Gasteiger partial charge in [-0.2, -0.15) is 0 Å². The lowest BCUT2D eigenvalue weighted by Crippen LogP contribution is -2.22. The molecule has 1 heterocycles. The summed E-state index contributed by atoms with van der Waals surface area (Å²) in [5.74, 6) is -1.25. The van der Waals surface area contributed by atoms with E-state index in [0.29, 0.717) is 19.5 Å². The van der Waals surface area contributed by atoms with Crippen molar-refractivity contribution in [3.8, 4) is 0 Å². The molecule has 0 unspecified atom stereocenters. The number of halogens is 1. The largest absolute Gasteiger partial charge is 0.481 e. The third kappa shape index (κ3) is 2.58. The Morgan fingerprint density at radius 1 is 1.56 bits per heavy atom. The topological polar surface area (TPSA) is 40.5 Å². The molecule has 0 radical (unpaired) electrons. The van der Waals surface area contributed by atoms with E-state index in [4.69, 9.17) is 5.11 Å². The number of likely N-dealkylation sites (tertiary alicyclic amines) is 1. The van der Waals surface area contributed by atoms with Crippen LogP contribution in [0.25, 0.3) is 0 Å². The summed E-state index contributed by atoms with van der Waals surface area (Å²) >= 11 is 0. The average Bonchev–Trinajstić information content (AvgIpc) is 2.66. The lowest BCUT2D eigenvalue weighted by atomic mass is 10.1. The fraction of sp³-hybridized carbons (Fsp3) is 0.417. The van der Waals surface area contributed by atoms with E-state index in [9.17, 15) is 9.18 Å². The SMILES string of the molecule is O=C(O)[C@H]1CCN(Cc2cccc(F)c2)C1. The molecule has 0 amide bonds. The molecule has 16 heavy (non-hydrogen) atoms. The van der Waals surface area contributed by atoms with Gasteiger partial charge in [-0.1, -0.05) is 12.1 Å². The molecule has 1 N–H and O–H groups in total. The van der Waals surface area contributed by atoms with E-state index in [1.54, 1.807) is 6.07 Å². The number of benzene rings is 1. The number of nitrogens with zero attached hydrogens (tertiary/aromatic N) is 1. The van der Waals surface area contributed by atoms with E-state index in [0.717, 1.165) is 12.1 Å². The van der Waals surface area contributed by atoms with E-state index in [1.807, 2.05) is 11.0 Å². The molecule has 0 saturated carbocycles. The second-order valence-corrected chi connectivity index (χ2v) is 4.19. The summed E-state index contributed by atoms with van der Waals surface area (Å²) in [7, 11) is 0. The first-order chi connectivity index (χ1) is 7.65. The highest BCUT2D eigenvalue weighted by Gasteiger charge is 2.27. The van der Waals surface area contributed by atoms with Crippen molar-refractivity contribution in [2.75, 3.05) is 13.1 Å². The van der Waals surface area contributed by atoms with Crippen molar-refractivity contribution in [2.45, 2.75) is 13.0 Å². The molecule has 3 nitrogen and oxygen atoms in total. The molecule has 0 aliphatic carbocycles. The van der Waals surface area contributed by atoms with Crippen LogP contribution in [0.15, 0.2) is 24.3 Å². The number of rotatable bonds is 3.